The minimum Gasteiger partial charge on any atom is -0.399 e. The van der Waals surface area contributed by atoms with Gasteiger partial charge in [-0.25, -0.2) is 4.98 Å². The van der Waals surface area contributed by atoms with Crippen molar-refractivity contribution >= 4 is 16.7 Å². The average molecular weight is 261 g/mol. The Hall–Kier alpha value is -1.55. The van der Waals surface area contributed by atoms with E-state index in [0.29, 0.717) is 5.92 Å². The monoisotopic (exact) mass is 261 g/mol. The van der Waals surface area contributed by atoms with Crippen LogP contribution in [0, 0.1) is 5.92 Å². The van der Waals surface area contributed by atoms with E-state index in [1.54, 1.807) is 0 Å². The van der Waals surface area contributed by atoms with E-state index >= 15 is 0 Å². The zero-order valence-corrected chi connectivity index (χ0v) is 11.9. The number of aliphatic hydroxyl groups excluding tert-OH is 1. The first-order chi connectivity index (χ1) is 9.08. The number of nitrogens with zero attached hydrogens (tertiary/aromatic N) is 2. The molecule has 0 aliphatic carbocycles. The summed E-state index contributed by atoms with van der Waals surface area (Å²) < 4.78 is 2.27. The summed E-state index contributed by atoms with van der Waals surface area (Å²) in [7, 11) is 0. The van der Waals surface area contributed by atoms with Crippen LogP contribution in [0.15, 0.2) is 18.2 Å². The molecule has 104 valence electrons. The second-order valence-corrected chi connectivity index (χ2v) is 5.32. The fourth-order valence-corrected chi connectivity index (χ4v) is 2.68. The summed E-state index contributed by atoms with van der Waals surface area (Å²) >= 11 is 0. The van der Waals surface area contributed by atoms with Crippen LogP contribution in [-0.4, -0.2) is 21.3 Å². The summed E-state index contributed by atoms with van der Waals surface area (Å²) in [6.07, 6.45) is 1.63. The van der Waals surface area contributed by atoms with Crippen molar-refractivity contribution in [3.63, 3.8) is 0 Å². The van der Waals surface area contributed by atoms with Crippen molar-refractivity contribution in [1.82, 2.24) is 9.55 Å². The second kappa shape index (κ2) is 5.61. The van der Waals surface area contributed by atoms with E-state index in [4.69, 9.17) is 5.73 Å². The number of hydrogen-bond acceptors (Lipinski definition) is 3. The number of rotatable bonds is 5. The van der Waals surface area contributed by atoms with Crippen LogP contribution in [-0.2, 0) is 6.42 Å². The fourth-order valence-electron chi connectivity index (χ4n) is 2.68. The molecule has 0 aliphatic rings. The number of aromatic nitrogens is 2. The van der Waals surface area contributed by atoms with Crippen LogP contribution in [0.2, 0.25) is 0 Å². The van der Waals surface area contributed by atoms with Crippen LogP contribution in [0.1, 0.15) is 39.1 Å². The van der Waals surface area contributed by atoms with Gasteiger partial charge in [0.25, 0.3) is 0 Å². The molecule has 3 N–H and O–H groups in total. The van der Waals surface area contributed by atoms with Crippen LogP contribution >= 0.6 is 0 Å². The molecule has 0 radical (unpaired) electrons. The van der Waals surface area contributed by atoms with Crippen molar-refractivity contribution in [2.45, 2.75) is 39.7 Å². The summed E-state index contributed by atoms with van der Waals surface area (Å²) in [5.41, 5.74) is 8.62. The molecule has 0 bridgehead atoms. The van der Waals surface area contributed by atoms with Gasteiger partial charge in [0.05, 0.1) is 11.0 Å². The predicted molar refractivity (Wildman–Crippen MR) is 79.1 cm³/mol. The van der Waals surface area contributed by atoms with E-state index in [2.05, 4.69) is 30.3 Å². The Labute approximate surface area is 114 Å². The maximum Gasteiger partial charge on any atom is 0.109 e. The van der Waals surface area contributed by atoms with E-state index in [1.807, 2.05) is 18.2 Å². The zero-order valence-electron chi connectivity index (χ0n) is 11.9. The molecule has 2 aromatic rings. The Bertz CT molecular complexity index is 560. The van der Waals surface area contributed by atoms with Gasteiger partial charge >= 0.3 is 0 Å². The molecule has 19 heavy (non-hydrogen) atoms. The van der Waals surface area contributed by atoms with Crippen molar-refractivity contribution in [2.75, 3.05) is 12.3 Å². The number of imidazole rings is 1. The van der Waals surface area contributed by atoms with Gasteiger partial charge in [-0.15, -0.1) is 0 Å². The second-order valence-electron chi connectivity index (χ2n) is 5.32. The number of benzene rings is 1. The van der Waals surface area contributed by atoms with Gasteiger partial charge in [-0.05, 0) is 30.5 Å². The smallest absolute Gasteiger partial charge is 0.109 e. The van der Waals surface area contributed by atoms with Crippen LogP contribution in [0.25, 0.3) is 11.0 Å². The van der Waals surface area contributed by atoms with Crippen molar-refractivity contribution in [2.24, 2.45) is 5.92 Å². The first-order valence-electron chi connectivity index (χ1n) is 6.95. The zero-order chi connectivity index (χ0) is 14.0. The Morgan fingerprint density at radius 1 is 1.37 bits per heavy atom. The maximum atomic E-state index is 9.31. The number of aliphatic hydroxyl groups is 1. The summed E-state index contributed by atoms with van der Waals surface area (Å²) in [6, 6.07) is 6.13. The molecule has 0 spiro atoms. The van der Waals surface area contributed by atoms with E-state index in [1.165, 1.54) is 0 Å². The molecule has 0 saturated heterocycles. The Morgan fingerprint density at radius 3 is 2.68 bits per heavy atom. The predicted octanol–water partition coefficient (Wildman–Crippen LogP) is 2.76. The van der Waals surface area contributed by atoms with Gasteiger partial charge in [0.1, 0.15) is 5.82 Å². The average Bonchev–Trinajstić information content (AvgIpc) is 2.72. The Kier molecular flexibility index (Phi) is 4.10. The van der Waals surface area contributed by atoms with E-state index in [9.17, 15) is 5.11 Å². The van der Waals surface area contributed by atoms with Gasteiger partial charge in [-0.3, -0.25) is 0 Å². The van der Waals surface area contributed by atoms with Crippen LogP contribution in [0.4, 0.5) is 5.69 Å². The first kappa shape index (κ1) is 13.9. The van der Waals surface area contributed by atoms with Gasteiger partial charge in [-0.2, -0.15) is 0 Å². The molecule has 1 atom stereocenters. The molecule has 1 aromatic heterocycles. The van der Waals surface area contributed by atoms with Crippen LogP contribution < -0.4 is 5.73 Å². The lowest BCUT2D eigenvalue weighted by Gasteiger charge is -2.24. The highest BCUT2D eigenvalue weighted by Crippen LogP contribution is 2.29. The molecule has 1 unspecified atom stereocenters. The van der Waals surface area contributed by atoms with E-state index in [-0.39, 0.29) is 12.6 Å². The van der Waals surface area contributed by atoms with Gasteiger partial charge in [0, 0.05) is 24.8 Å². The third kappa shape index (κ3) is 2.59. The molecule has 0 aliphatic heterocycles. The molecule has 0 amide bonds. The molecular weight excluding hydrogens is 238 g/mol. The summed E-state index contributed by atoms with van der Waals surface area (Å²) in [5.74, 6) is 1.51. The maximum absolute atomic E-state index is 9.31. The van der Waals surface area contributed by atoms with Crippen molar-refractivity contribution in [3.8, 4) is 0 Å². The lowest BCUT2D eigenvalue weighted by atomic mass is 10.0. The third-order valence-corrected chi connectivity index (χ3v) is 3.63. The molecular formula is C15H23N3O. The number of aryl methyl sites for hydroxylation is 1. The van der Waals surface area contributed by atoms with Crippen molar-refractivity contribution in [3.05, 3.63) is 24.0 Å². The SMILES string of the molecule is CCc1nc2cc(N)ccc2n1C(CCO)C(C)C. The highest BCUT2D eigenvalue weighted by atomic mass is 16.3. The molecule has 1 heterocycles. The van der Waals surface area contributed by atoms with Crippen molar-refractivity contribution in [1.29, 1.82) is 0 Å². The molecule has 2 rings (SSSR count). The molecule has 4 heteroatoms. The number of nitrogen functional groups attached to an aromatic ring is 1. The number of nitrogens with two attached hydrogens (primary N) is 1. The van der Waals surface area contributed by atoms with E-state index in [0.717, 1.165) is 35.4 Å². The third-order valence-electron chi connectivity index (χ3n) is 3.63. The number of anilines is 1. The molecule has 1 aromatic carbocycles. The van der Waals surface area contributed by atoms with Gasteiger partial charge in [0.2, 0.25) is 0 Å². The van der Waals surface area contributed by atoms with Crippen molar-refractivity contribution < 1.29 is 5.11 Å². The molecule has 0 fully saturated rings. The molecule has 0 saturated carbocycles. The summed E-state index contributed by atoms with van der Waals surface area (Å²) in [6.45, 7) is 6.67. The summed E-state index contributed by atoms with van der Waals surface area (Å²) in [4.78, 5) is 4.68. The largest absolute Gasteiger partial charge is 0.399 e. The van der Waals surface area contributed by atoms with Gasteiger partial charge in [0.15, 0.2) is 0 Å². The number of fused-ring (bicyclic) bond motifs is 1. The standard InChI is InChI=1S/C15H23N3O/c1-4-15-17-12-9-11(16)5-6-14(12)18(15)13(7-8-19)10(2)3/h5-6,9-10,13,19H,4,7-8,16H2,1-3H3. The molecule has 4 nitrogen and oxygen atoms in total. The first-order valence-corrected chi connectivity index (χ1v) is 6.95. The van der Waals surface area contributed by atoms with Gasteiger partial charge < -0.3 is 15.4 Å². The minimum absolute atomic E-state index is 0.195. The van der Waals surface area contributed by atoms with E-state index < -0.39 is 0 Å². The van der Waals surface area contributed by atoms with Crippen LogP contribution in [0.3, 0.4) is 0 Å². The highest BCUT2D eigenvalue weighted by molar-refractivity contribution is 5.79. The Balaban J connectivity index is 2.61. The summed E-state index contributed by atoms with van der Waals surface area (Å²) in [5, 5.41) is 9.31. The number of hydrogen-bond donors (Lipinski definition) is 2. The lowest BCUT2D eigenvalue weighted by Crippen LogP contribution is -2.18. The normalized spacial score (nSPS) is 13.3. The minimum atomic E-state index is 0.195. The topological polar surface area (TPSA) is 64.1 Å². The highest BCUT2D eigenvalue weighted by Gasteiger charge is 2.20. The Morgan fingerprint density at radius 2 is 2.11 bits per heavy atom. The van der Waals surface area contributed by atoms with Crippen LogP contribution in [0.5, 0.6) is 0 Å². The quantitative estimate of drug-likeness (QED) is 0.813. The lowest BCUT2D eigenvalue weighted by molar-refractivity contribution is 0.232. The van der Waals surface area contributed by atoms with Gasteiger partial charge in [-0.1, -0.05) is 20.8 Å². The fraction of sp³-hybridized carbons (Fsp3) is 0.533.